The fourth-order valence-corrected chi connectivity index (χ4v) is 2.24. The van der Waals surface area contributed by atoms with Crippen LogP contribution >= 0.6 is 13.5 Å². The lowest BCUT2D eigenvalue weighted by molar-refractivity contribution is -0.119. The Balaban J connectivity index is 0.00000288. The van der Waals surface area contributed by atoms with Crippen molar-refractivity contribution in [2.75, 3.05) is 11.9 Å². The van der Waals surface area contributed by atoms with Gasteiger partial charge in [-0.1, -0.05) is 6.07 Å². The molecule has 7 heteroatoms. The van der Waals surface area contributed by atoms with Crippen LogP contribution in [0.3, 0.4) is 0 Å². The molecular weight excluding hydrogens is 337 g/mol. The van der Waals surface area contributed by atoms with Gasteiger partial charge in [-0.05, 0) is 48.7 Å². The molecule has 0 aliphatic rings. The first-order valence-corrected chi connectivity index (χ1v) is 7.02. The molecular formula is C17H19F3N2OS. The monoisotopic (exact) mass is 356 g/mol. The van der Waals surface area contributed by atoms with Gasteiger partial charge in [-0.3, -0.25) is 4.79 Å². The molecule has 0 spiro atoms. The lowest BCUT2D eigenvalue weighted by Crippen LogP contribution is -2.43. The Morgan fingerprint density at radius 2 is 1.71 bits per heavy atom. The van der Waals surface area contributed by atoms with E-state index < -0.39 is 29.4 Å². The second kappa shape index (κ2) is 8.21. The Morgan fingerprint density at radius 1 is 1.12 bits per heavy atom. The van der Waals surface area contributed by atoms with Crippen molar-refractivity contribution < 1.29 is 18.0 Å². The summed E-state index contributed by atoms with van der Waals surface area (Å²) < 4.78 is 39.9. The number of aryl methyl sites for hydroxylation is 1. The molecule has 1 amide bonds. The van der Waals surface area contributed by atoms with Crippen LogP contribution in [0.25, 0.3) is 0 Å². The number of benzene rings is 2. The van der Waals surface area contributed by atoms with Crippen LogP contribution in [-0.2, 0) is 11.2 Å². The first-order chi connectivity index (χ1) is 10.8. The maximum atomic E-state index is 13.6. The fraction of sp³-hybridized carbons (Fsp3) is 0.235. The average Bonchev–Trinajstić information content (AvgIpc) is 2.47. The second-order valence-electron chi connectivity index (χ2n) is 5.42. The Labute approximate surface area is 145 Å². The van der Waals surface area contributed by atoms with Gasteiger partial charge in [0, 0.05) is 18.8 Å². The smallest absolute Gasteiger partial charge is 0.243 e. The van der Waals surface area contributed by atoms with E-state index in [2.05, 4.69) is 0 Å². The van der Waals surface area contributed by atoms with Crippen LogP contribution in [0.15, 0.2) is 36.4 Å². The van der Waals surface area contributed by atoms with Crippen LogP contribution in [0.1, 0.15) is 11.1 Å². The highest BCUT2D eigenvalue weighted by Crippen LogP contribution is 2.18. The first-order valence-electron chi connectivity index (χ1n) is 7.02. The molecule has 1 atom stereocenters. The van der Waals surface area contributed by atoms with Crippen LogP contribution in [0, 0.1) is 24.4 Å². The van der Waals surface area contributed by atoms with E-state index in [1.54, 1.807) is 19.1 Å². The van der Waals surface area contributed by atoms with Crippen molar-refractivity contribution in [3.05, 3.63) is 65.0 Å². The average molecular weight is 356 g/mol. The van der Waals surface area contributed by atoms with E-state index in [1.807, 2.05) is 0 Å². The highest BCUT2D eigenvalue weighted by Gasteiger charge is 2.20. The topological polar surface area (TPSA) is 46.3 Å². The molecule has 2 aromatic carbocycles. The summed E-state index contributed by atoms with van der Waals surface area (Å²) in [4.78, 5) is 13.5. The van der Waals surface area contributed by atoms with Gasteiger partial charge in [0.05, 0.1) is 6.04 Å². The minimum absolute atomic E-state index is 0. The summed E-state index contributed by atoms with van der Waals surface area (Å²) >= 11 is 0. The minimum atomic E-state index is -0.995. The molecule has 130 valence electrons. The molecule has 0 unspecified atom stereocenters. The number of hydrogen-bond donors (Lipinski definition) is 1. The molecule has 0 heterocycles. The van der Waals surface area contributed by atoms with Gasteiger partial charge >= 0.3 is 0 Å². The molecule has 0 aliphatic heterocycles. The molecule has 0 aliphatic carbocycles. The largest absolute Gasteiger partial charge is 0.320 e. The number of carbonyl (C=O) groups is 1. The van der Waals surface area contributed by atoms with Crippen LogP contribution in [0.2, 0.25) is 0 Å². The van der Waals surface area contributed by atoms with E-state index in [4.69, 9.17) is 5.73 Å². The predicted octanol–water partition coefficient (Wildman–Crippen LogP) is 3.06. The number of likely N-dealkylation sites (N-methyl/N-ethyl adjacent to an activating group) is 1. The summed E-state index contributed by atoms with van der Waals surface area (Å²) in [5.74, 6) is -2.36. The van der Waals surface area contributed by atoms with Crippen LogP contribution in [0.5, 0.6) is 0 Å². The lowest BCUT2D eigenvalue weighted by atomic mass is 10.0. The van der Waals surface area contributed by atoms with Gasteiger partial charge in [-0.25, -0.2) is 13.2 Å². The number of amides is 1. The molecule has 3 nitrogen and oxygen atoms in total. The van der Waals surface area contributed by atoms with Crippen molar-refractivity contribution in [3.63, 3.8) is 0 Å². The number of nitrogens with zero attached hydrogens (tertiary/aromatic N) is 1. The zero-order chi connectivity index (χ0) is 17.1. The number of carbonyl (C=O) groups excluding carboxylic acids is 1. The van der Waals surface area contributed by atoms with Crippen molar-refractivity contribution in [2.24, 2.45) is 5.73 Å². The van der Waals surface area contributed by atoms with Gasteiger partial charge in [0.1, 0.15) is 17.5 Å². The van der Waals surface area contributed by atoms with Gasteiger partial charge in [0.15, 0.2) is 0 Å². The summed E-state index contributed by atoms with van der Waals surface area (Å²) in [5, 5.41) is 0. The highest BCUT2D eigenvalue weighted by atomic mass is 32.1. The molecule has 2 aromatic rings. The summed E-state index contributed by atoms with van der Waals surface area (Å²) in [6.45, 7) is 1.62. The molecule has 2 rings (SSSR count). The summed E-state index contributed by atoms with van der Waals surface area (Å²) in [7, 11) is 1.47. The molecule has 2 N–H and O–H groups in total. The molecule has 0 aromatic heterocycles. The number of anilines is 1. The Kier molecular flexibility index (Phi) is 6.86. The SMILES string of the molecule is Cc1ccc(N(C)C(=O)[C@@H](N)Cc2cc(F)cc(F)c2)cc1F.S. The van der Waals surface area contributed by atoms with Crippen molar-refractivity contribution in [3.8, 4) is 0 Å². The normalized spacial score (nSPS) is 11.6. The standard InChI is InChI=1S/C17H17F3N2O.H2S/c1-10-3-4-14(9-15(10)20)22(2)17(23)16(21)7-11-5-12(18)8-13(19)6-11;/h3-6,8-9,16H,7,21H2,1-2H3;1H2/t16-;/m0./s1. The maximum absolute atomic E-state index is 13.6. The fourth-order valence-electron chi connectivity index (χ4n) is 2.24. The van der Waals surface area contributed by atoms with Crippen molar-refractivity contribution in [1.82, 2.24) is 0 Å². The van der Waals surface area contributed by atoms with E-state index in [9.17, 15) is 18.0 Å². The van der Waals surface area contributed by atoms with E-state index in [-0.39, 0.29) is 25.5 Å². The van der Waals surface area contributed by atoms with Gasteiger partial charge in [0.2, 0.25) is 5.91 Å². The van der Waals surface area contributed by atoms with Gasteiger partial charge < -0.3 is 10.6 Å². The molecule has 0 bridgehead atoms. The molecule has 24 heavy (non-hydrogen) atoms. The van der Waals surface area contributed by atoms with Gasteiger partial charge in [0.25, 0.3) is 0 Å². The highest BCUT2D eigenvalue weighted by molar-refractivity contribution is 7.59. The van der Waals surface area contributed by atoms with Crippen molar-refractivity contribution in [2.45, 2.75) is 19.4 Å². The third-order valence-electron chi connectivity index (χ3n) is 3.57. The van der Waals surface area contributed by atoms with Crippen molar-refractivity contribution >= 4 is 25.1 Å². The molecule has 0 fully saturated rings. The van der Waals surface area contributed by atoms with Gasteiger partial charge in [-0.2, -0.15) is 13.5 Å². The zero-order valence-corrected chi connectivity index (χ0v) is 14.3. The Hall–Kier alpha value is -1.99. The summed E-state index contributed by atoms with van der Waals surface area (Å²) in [5.41, 5.74) is 6.94. The van der Waals surface area contributed by atoms with E-state index in [0.717, 1.165) is 18.2 Å². The quantitative estimate of drug-likeness (QED) is 0.915. The third-order valence-corrected chi connectivity index (χ3v) is 3.57. The van der Waals surface area contributed by atoms with E-state index in [1.165, 1.54) is 18.0 Å². The van der Waals surface area contributed by atoms with Crippen LogP contribution < -0.4 is 10.6 Å². The second-order valence-corrected chi connectivity index (χ2v) is 5.42. The number of nitrogens with two attached hydrogens (primary N) is 1. The Morgan fingerprint density at radius 3 is 2.25 bits per heavy atom. The lowest BCUT2D eigenvalue weighted by Gasteiger charge is -2.22. The zero-order valence-electron chi connectivity index (χ0n) is 13.3. The summed E-state index contributed by atoms with van der Waals surface area (Å²) in [6, 6.07) is 6.40. The van der Waals surface area contributed by atoms with E-state index in [0.29, 0.717) is 11.3 Å². The minimum Gasteiger partial charge on any atom is -0.320 e. The third kappa shape index (κ3) is 4.75. The first kappa shape index (κ1) is 20.1. The molecule has 0 radical (unpaired) electrons. The number of halogens is 3. The van der Waals surface area contributed by atoms with Gasteiger partial charge in [-0.15, -0.1) is 0 Å². The number of hydrogen-bond acceptors (Lipinski definition) is 2. The predicted molar refractivity (Wildman–Crippen MR) is 93.0 cm³/mol. The summed E-state index contributed by atoms with van der Waals surface area (Å²) in [6.07, 6.45) is -0.0216. The maximum Gasteiger partial charge on any atom is 0.243 e. The Bertz CT molecular complexity index is 720. The van der Waals surface area contributed by atoms with Crippen LogP contribution in [-0.4, -0.2) is 19.0 Å². The molecule has 0 saturated heterocycles. The number of rotatable bonds is 4. The van der Waals surface area contributed by atoms with Crippen molar-refractivity contribution in [1.29, 1.82) is 0 Å². The molecule has 0 saturated carbocycles. The van der Waals surface area contributed by atoms with E-state index >= 15 is 0 Å². The van der Waals surface area contributed by atoms with Crippen LogP contribution in [0.4, 0.5) is 18.9 Å².